The van der Waals surface area contributed by atoms with Crippen molar-refractivity contribution in [2.45, 2.75) is 89.5 Å². The lowest BCUT2D eigenvalue weighted by atomic mass is 9.93. The summed E-state index contributed by atoms with van der Waals surface area (Å²) in [6.07, 6.45) is 0.962. The number of ether oxygens (including phenoxy) is 3. The smallest absolute Gasteiger partial charge is 0.220 e. The van der Waals surface area contributed by atoms with Gasteiger partial charge in [0.2, 0.25) is 5.91 Å². The van der Waals surface area contributed by atoms with Crippen LogP contribution in [0.25, 0.3) is 11.1 Å². The topological polar surface area (TPSA) is 120 Å². The molecule has 0 aromatic heterocycles. The van der Waals surface area contributed by atoms with Gasteiger partial charge in [-0.05, 0) is 103 Å². The molecule has 1 aliphatic carbocycles. The van der Waals surface area contributed by atoms with Crippen molar-refractivity contribution in [3.8, 4) is 40.5 Å². The van der Waals surface area contributed by atoms with Crippen molar-refractivity contribution in [1.82, 2.24) is 15.5 Å². The van der Waals surface area contributed by atoms with Crippen LogP contribution in [-0.4, -0.2) is 61.5 Å². The molecule has 4 aromatic rings. The molecule has 2 saturated heterocycles. The molecule has 4 aromatic carbocycles. The Balaban J connectivity index is 1.09. The largest absolute Gasteiger partial charge is 0.493 e. The molecule has 0 bridgehead atoms. The maximum Gasteiger partial charge on any atom is 0.220 e. The van der Waals surface area contributed by atoms with Gasteiger partial charge in [0.1, 0.15) is 35.7 Å². The molecule has 2 fully saturated rings. The Morgan fingerprint density at radius 1 is 0.983 bits per heavy atom. The second-order valence-corrected chi connectivity index (χ2v) is 16.2. The van der Waals surface area contributed by atoms with Crippen LogP contribution < -0.4 is 24.8 Å². The van der Waals surface area contributed by atoms with E-state index in [0.717, 1.165) is 65.2 Å². The van der Waals surface area contributed by atoms with Gasteiger partial charge < -0.3 is 29.7 Å². The summed E-state index contributed by atoms with van der Waals surface area (Å²) in [5.74, 6) is 1.51. The number of rotatable bonds is 14. The Kier molecular flexibility index (Phi) is 12.8. The zero-order chi connectivity index (χ0) is 40.8. The molecular formula is C46H48ClF2N5O4. The first-order valence-electron chi connectivity index (χ1n) is 20.0. The van der Waals surface area contributed by atoms with Crippen LogP contribution in [0.5, 0.6) is 17.2 Å². The quantitative estimate of drug-likeness (QED) is 0.122. The summed E-state index contributed by atoms with van der Waals surface area (Å²) in [7, 11) is 0. The summed E-state index contributed by atoms with van der Waals surface area (Å²) in [6.45, 7) is 7.56. The summed E-state index contributed by atoms with van der Waals surface area (Å²) < 4.78 is 49.4. The zero-order valence-corrected chi connectivity index (χ0v) is 33.6. The molecular weight excluding hydrogens is 760 g/mol. The van der Waals surface area contributed by atoms with Crippen LogP contribution in [0.4, 0.5) is 8.78 Å². The maximum absolute atomic E-state index is 16.2. The molecule has 58 heavy (non-hydrogen) atoms. The number of nitriles is 2. The zero-order valence-electron chi connectivity index (χ0n) is 32.9. The number of carbonyl (C=O) groups excluding carboxylic acids is 1. The van der Waals surface area contributed by atoms with E-state index in [-0.39, 0.29) is 35.7 Å². The summed E-state index contributed by atoms with van der Waals surface area (Å²) in [5.41, 5.74) is 5.44. The first-order chi connectivity index (χ1) is 28.0. The maximum atomic E-state index is 16.2. The van der Waals surface area contributed by atoms with E-state index in [4.69, 9.17) is 25.8 Å². The molecule has 0 unspecified atom stereocenters. The second kappa shape index (κ2) is 18.2. The van der Waals surface area contributed by atoms with Crippen molar-refractivity contribution in [3.05, 3.63) is 111 Å². The fourth-order valence-electron chi connectivity index (χ4n) is 8.06. The van der Waals surface area contributed by atoms with Crippen LogP contribution in [0.3, 0.4) is 0 Å². The van der Waals surface area contributed by atoms with E-state index in [1.54, 1.807) is 31.2 Å². The molecule has 3 atom stereocenters. The number of amides is 1. The average Bonchev–Trinajstić information content (AvgIpc) is 3.54. The molecule has 2 aliphatic heterocycles. The van der Waals surface area contributed by atoms with Gasteiger partial charge >= 0.3 is 0 Å². The lowest BCUT2D eigenvalue weighted by molar-refractivity contribution is -0.122. The van der Waals surface area contributed by atoms with Crippen molar-refractivity contribution in [2.75, 3.05) is 32.8 Å². The van der Waals surface area contributed by atoms with E-state index in [1.807, 2.05) is 43.3 Å². The third kappa shape index (κ3) is 9.73. The van der Waals surface area contributed by atoms with Gasteiger partial charge in [0.05, 0.1) is 34.9 Å². The lowest BCUT2D eigenvalue weighted by Crippen LogP contribution is -2.45. The third-order valence-electron chi connectivity index (χ3n) is 11.5. The molecule has 9 nitrogen and oxygen atoms in total. The highest BCUT2D eigenvalue weighted by Gasteiger charge is 2.37. The van der Waals surface area contributed by atoms with Gasteiger partial charge in [-0.25, -0.2) is 8.78 Å². The average molecular weight is 808 g/mol. The van der Waals surface area contributed by atoms with Gasteiger partial charge in [0, 0.05) is 63.2 Å². The fourth-order valence-corrected chi connectivity index (χ4v) is 8.29. The predicted octanol–water partition coefficient (Wildman–Crippen LogP) is 8.61. The Morgan fingerprint density at radius 2 is 1.72 bits per heavy atom. The van der Waals surface area contributed by atoms with E-state index in [2.05, 4.69) is 27.7 Å². The third-order valence-corrected chi connectivity index (χ3v) is 11.8. The van der Waals surface area contributed by atoms with Crippen LogP contribution in [0.15, 0.2) is 66.7 Å². The van der Waals surface area contributed by atoms with Crippen molar-refractivity contribution in [2.24, 2.45) is 0 Å². The van der Waals surface area contributed by atoms with Crippen LogP contribution in [-0.2, 0) is 24.4 Å². The van der Waals surface area contributed by atoms with Gasteiger partial charge in [-0.15, -0.1) is 0 Å². The molecule has 12 heteroatoms. The normalized spacial score (nSPS) is 20.1. The van der Waals surface area contributed by atoms with Crippen molar-refractivity contribution in [1.29, 1.82) is 10.5 Å². The van der Waals surface area contributed by atoms with E-state index in [1.165, 1.54) is 6.07 Å². The van der Waals surface area contributed by atoms with E-state index >= 15 is 4.39 Å². The number of nitrogens with zero attached hydrogens (tertiary/aromatic N) is 3. The Bertz CT molecular complexity index is 2180. The standard InChI is InChI=1S/C46H48ClF2N5O4/c1-29-35(6-4-9-41(29)56-17-5-14-54-15-12-46(2,49)13-16-54)36-7-3-8-37-38(36)22-40(48)45(37)58-43-23-42(57-28-32-19-30(24-50)18-31(20-32)25-51)33(21-39(43)47)26-52-34-10-11-44(55)53-27-34/h3-4,6-9,18-21,23,34,40,45,52H,5,10-17,22,26-28H2,1-2H3,(H,53,55)/t34-,40-,45+/m0/s1. The van der Waals surface area contributed by atoms with Crippen molar-refractivity contribution in [3.63, 3.8) is 0 Å². The molecule has 0 spiro atoms. The highest BCUT2D eigenvalue weighted by molar-refractivity contribution is 6.32. The Morgan fingerprint density at radius 3 is 2.45 bits per heavy atom. The van der Waals surface area contributed by atoms with Crippen LogP contribution >= 0.6 is 11.6 Å². The lowest BCUT2D eigenvalue weighted by Gasteiger charge is -2.34. The summed E-state index contributed by atoms with van der Waals surface area (Å²) in [4.78, 5) is 14.0. The number of carbonyl (C=O) groups is 1. The number of likely N-dealkylation sites (tertiary alicyclic amines) is 1. The number of piperidine rings is 2. The van der Waals surface area contributed by atoms with Gasteiger partial charge in [-0.2, -0.15) is 10.5 Å². The van der Waals surface area contributed by atoms with Crippen LogP contribution in [0, 0.1) is 29.6 Å². The Hall–Kier alpha value is -5.20. The predicted molar refractivity (Wildman–Crippen MR) is 218 cm³/mol. The molecule has 0 radical (unpaired) electrons. The fraction of sp³-hybridized carbons (Fsp3) is 0.413. The molecule has 2 N–H and O–H groups in total. The van der Waals surface area contributed by atoms with E-state index in [9.17, 15) is 19.7 Å². The summed E-state index contributed by atoms with van der Waals surface area (Å²) >= 11 is 6.87. The number of alkyl halides is 2. The number of hydrogen-bond donors (Lipinski definition) is 2. The van der Waals surface area contributed by atoms with Gasteiger partial charge in [-0.1, -0.05) is 41.9 Å². The summed E-state index contributed by atoms with van der Waals surface area (Å²) in [6, 6.07) is 24.3. The molecule has 7 rings (SSSR count). The highest BCUT2D eigenvalue weighted by atomic mass is 35.5. The SMILES string of the molecule is Cc1c(OCCCN2CCC(C)(F)CC2)cccc1-c1cccc2c1C[C@H](F)[C@@H]2Oc1cc(OCc2cc(C#N)cc(C#N)c2)c(CN[C@H]2CCC(=O)NC2)cc1Cl. The number of hydrogen-bond acceptors (Lipinski definition) is 8. The number of nitrogens with one attached hydrogen (secondary N) is 2. The van der Waals surface area contributed by atoms with Crippen molar-refractivity contribution < 1.29 is 27.8 Å². The molecule has 302 valence electrons. The van der Waals surface area contributed by atoms with E-state index < -0.39 is 17.9 Å². The minimum atomic E-state index is -1.35. The summed E-state index contributed by atoms with van der Waals surface area (Å²) in [5, 5.41) is 25.6. The number of fused-ring (bicyclic) bond motifs is 1. The number of benzene rings is 4. The minimum Gasteiger partial charge on any atom is -0.493 e. The number of halogens is 3. The first-order valence-corrected chi connectivity index (χ1v) is 20.3. The Labute approximate surface area is 343 Å². The van der Waals surface area contributed by atoms with E-state index in [0.29, 0.717) is 67.8 Å². The van der Waals surface area contributed by atoms with Crippen LogP contribution in [0.1, 0.15) is 84.1 Å². The molecule has 2 heterocycles. The van der Waals surface area contributed by atoms with Gasteiger partial charge in [0.15, 0.2) is 6.10 Å². The minimum absolute atomic E-state index is 0.0248. The van der Waals surface area contributed by atoms with Crippen LogP contribution in [0.2, 0.25) is 5.02 Å². The first kappa shape index (κ1) is 41.0. The monoisotopic (exact) mass is 807 g/mol. The van der Waals surface area contributed by atoms with Crippen molar-refractivity contribution >= 4 is 17.5 Å². The molecule has 1 amide bonds. The second-order valence-electron chi connectivity index (χ2n) is 15.8. The highest BCUT2D eigenvalue weighted by Crippen LogP contribution is 2.45. The van der Waals surface area contributed by atoms with Gasteiger partial charge in [-0.3, -0.25) is 4.79 Å². The molecule has 0 saturated carbocycles. The van der Waals surface area contributed by atoms with Gasteiger partial charge in [0.25, 0.3) is 0 Å². The molecule has 3 aliphatic rings.